The average Bonchev–Trinajstić information content (AvgIpc) is 2.17. The maximum absolute atomic E-state index is 13.0. The number of halogens is 1. The molecule has 0 radical (unpaired) electrons. The SMILES string of the molecule is Cc1cc(C(=O)NCC(C)(C)C)ccc1F. The zero-order valence-electron chi connectivity index (χ0n) is 10.2. The van der Waals surface area contributed by atoms with Crippen molar-refractivity contribution in [1.82, 2.24) is 5.32 Å². The summed E-state index contributed by atoms with van der Waals surface area (Å²) in [7, 11) is 0. The number of nitrogens with one attached hydrogen (secondary N) is 1. The van der Waals surface area contributed by atoms with Crippen molar-refractivity contribution in [1.29, 1.82) is 0 Å². The minimum absolute atomic E-state index is 0.0464. The van der Waals surface area contributed by atoms with Crippen LogP contribution in [0.2, 0.25) is 0 Å². The van der Waals surface area contributed by atoms with Crippen LogP contribution < -0.4 is 5.32 Å². The molecule has 0 aromatic heterocycles. The first-order valence-electron chi connectivity index (χ1n) is 5.34. The van der Waals surface area contributed by atoms with Crippen molar-refractivity contribution in [2.75, 3.05) is 6.54 Å². The fourth-order valence-electron chi connectivity index (χ4n) is 1.23. The van der Waals surface area contributed by atoms with E-state index in [1.165, 1.54) is 12.1 Å². The summed E-state index contributed by atoms with van der Waals surface area (Å²) in [5.41, 5.74) is 1.04. The van der Waals surface area contributed by atoms with Gasteiger partial charge in [-0.1, -0.05) is 20.8 Å². The first kappa shape index (κ1) is 12.7. The number of carbonyl (C=O) groups is 1. The second-order valence-corrected chi connectivity index (χ2v) is 5.21. The highest BCUT2D eigenvalue weighted by molar-refractivity contribution is 5.94. The van der Waals surface area contributed by atoms with Crippen molar-refractivity contribution in [2.24, 2.45) is 5.41 Å². The molecule has 2 nitrogen and oxygen atoms in total. The highest BCUT2D eigenvalue weighted by Gasteiger charge is 2.13. The van der Waals surface area contributed by atoms with Gasteiger partial charge in [-0.25, -0.2) is 4.39 Å². The Hall–Kier alpha value is -1.38. The molecule has 0 heterocycles. The molecule has 88 valence electrons. The molecule has 1 N–H and O–H groups in total. The molecule has 0 aliphatic carbocycles. The van der Waals surface area contributed by atoms with Crippen molar-refractivity contribution < 1.29 is 9.18 Å². The molecular formula is C13H18FNO. The van der Waals surface area contributed by atoms with Gasteiger partial charge in [0.1, 0.15) is 5.82 Å². The van der Waals surface area contributed by atoms with Crippen molar-refractivity contribution in [2.45, 2.75) is 27.7 Å². The first-order chi connectivity index (χ1) is 7.29. The van der Waals surface area contributed by atoms with Crippen LogP contribution >= 0.6 is 0 Å². The third-order valence-corrected chi connectivity index (χ3v) is 2.20. The highest BCUT2D eigenvalue weighted by Crippen LogP contribution is 2.12. The standard InChI is InChI=1S/C13H18FNO/c1-9-7-10(5-6-11(9)14)12(16)15-8-13(2,3)4/h5-7H,8H2,1-4H3,(H,15,16). The summed E-state index contributed by atoms with van der Waals surface area (Å²) in [6, 6.07) is 4.38. The van der Waals surface area contributed by atoms with Gasteiger partial charge in [0.2, 0.25) is 0 Å². The smallest absolute Gasteiger partial charge is 0.251 e. The Morgan fingerprint density at radius 1 is 1.38 bits per heavy atom. The summed E-state index contributed by atoms with van der Waals surface area (Å²) in [5.74, 6) is -0.439. The monoisotopic (exact) mass is 223 g/mol. The molecule has 0 spiro atoms. The van der Waals surface area contributed by atoms with Crippen LogP contribution in [0.4, 0.5) is 4.39 Å². The zero-order chi connectivity index (χ0) is 12.3. The Balaban J connectivity index is 2.70. The molecule has 0 atom stereocenters. The lowest BCUT2D eigenvalue weighted by atomic mass is 9.97. The molecular weight excluding hydrogens is 205 g/mol. The molecule has 0 aliphatic rings. The third-order valence-electron chi connectivity index (χ3n) is 2.20. The van der Waals surface area contributed by atoms with E-state index in [4.69, 9.17) is 0 Å². The van der Waals surface area contributed by atoms with E-state index in [1.807, 2.05) is 20.8 Å². The van der Waals surface area contributed by atoms with Gasteiger partial charge < -0.3 is 5.32 Å². The van der Waals surface area contributed by atoms with E-state index in [1.54, 1.807) is 13.0 Å². The predicted octanol–water partition coefficient (Wildman–Crippen LogP) is 2.91. The van der Waals surface area contributed by atoms with E-state index in [0.717, 1.165) is 0 Å². The van der Waals surface area contributed by atoms with Crippen molar-refractivity contribution >= 4 is 5.91 Å². The molecule has 1 amide bonds. The van der Waals surface area contributed by atoms with Gasteiger partial charge in [0, 0.05) is 12.1 Å². The van der Waals surface area contributed by atoms with E-state index in [2.05, 4.69) is 5.32 Å². The predicted molar refractivity (Wildman–Crippen MR) is 62.9 cm³/mol. The number of hydrogen-bond acceptors (Lipinski definition) is 1. The van der Waals surface area contributed by atoms with E-state index in [-0.39, 0.29) is 17.1 Å². The van der Waals surface area contributed by atoms with Crippen LogP contribution in [0.15, 0.2) is 18.2 Å². The lowest BCUT2D eigenvalue weighted by molar-refractivity contribution is 0.0939. The van der Waals surface area contributed by atoms with Gasteiger partial charge >= 0.3 is 0 Å². The molecule has 0 saturated heterocycles. The van der Waals surface area contributed by atoms with Gasteiger partial charge in [-0.2, -0.15) is 0 Å². The topological polar surface area (TPSA) is 29.1 Å². The molecule has 0 fully saturated rings. The van der Waals surface area contributed by atoms with Crippen LogP contribution in [-0.4, -0.2) is 12.5 Å². The van der Waals surface area contributed by atoms with Crippen LogP contribution in [0, 0.1) is 18.2 Å². The first-order valence-corrected chi connectivity index (χ1v) is 5.34. The van der Waals surface area contributed by atoms with Crippen molar-refractivity contribution in [3.8, 4) is 0 Å². The third kappa shape index (κ3) is 3.65. The van der Waals surface area contributed by atoms with E-state index in [0.29, 0.717) is 17.7 Å². The maximum atomic E-state index is 13.0. The number of benzene rings is 1. The summed E-state index contributed by atoms with van der Waals surface area (Å²) < 4.78 is 13.0. The Morgan fingerprint density at radius 3 is 2.50 bits per heavy atom. The van der Waals surface area contributed by atoms with Gasteiger partial charge in [0.05, 0.1) is 0 Å². The van der Waals surface area contributed by atoms with Crippen LogP contribution in [-0.2, 0) is 0 Å². The number of hydrogen-bond donors (Lipinski definition) is 1. The lowest BCUT2D eigenvalue weighted by Gasteiger charge is -2.18. The Kier molecular flexibility index (Phi) is 3.68. The molecule has 1 aromatic rings. The van der Waals surface area contributed by atoms with Gasteiger partial charge in [-0.05, 0) is 36.1 Å². The van der Waals surface area contributed by atoms with Gasteiger partial charge in [-0.3, -0.25) is 4.79 Å². The summed E-state index contributed by atoms with van der Waals surface area (Å²) in [4.78, 5) is 11.7. The fraction of sp³-hybridized carbons (Fsp3) is 0.462. The van der Waals surface area contributed by atoms with Crippen LogP contribution in [0.3, 0.4) is 0 Å². The van der Waals surface area contributed by atoms with Crippen molar-refractivity contribution in [3.63, 3.8) is 0 Å². The Bertz CT molecular complexity index is 393. The second-order valence-electron chi connectivity index (χ2n) is 5.21. The molecule has 1 aromatic carbocycles. The maximum Gasteiger partial charge on any atom is 0.251 e. The number of rotatable bonds is 2. The molecule has 3 heteroatoms. The minimum Gasteiger partial charge on any atom is -0.352 e. The Labute approximate surface area is 95.9 Å². The van der Waals surface area contributed by atoms with E-state index < -0.39 is 0 Å². The zero-order valence-corrected chi connectivity index (χ0v) is 10.2. The molecule has 0 saturated carbocycles. The molecule has 0 bridgehead atoms. The van der Waals surface area contributed by atoms with Crippen LogP contribution in [0.1, 0.15) is 36.7 Å². The fourth-order valence-corrected chi connectivity index (χ4v) is 1.23. The normalized spacial score (nSPS) is 11.3. The van der Waals surface area contributed by atoms with Crippen LogP contribution in [0.5, 0.6) is 0 Å². The van der Waals surface area contributed by atoms with Crippen molar-refractivity contribution in [3.05, 3.63) is 35.1 Å². The molecule has 1 rings (SSSR count). The second kappa shape index (κ2) is 4.64. The van der Waals surface area contributed by atoms with Gasteiger partial charge in [-0.15, -0.1) is 0 Å². The van der Waals surface area contributed by atoms with E-state index >= 15 is 0 Å². The minimum atomic E-state index is -0.285. The summed E-state index contributed by atoms with van der Waals surface area (Å²) in [6.45, 7) is 8.38. The molecule has 16 heavy (non-hydrogen) atoms. The Morgan fingerprint density at radius 2 is 2.00 bits per heavy atom. The summed E-state index contributed by atoms with van der Waals surface area (Å²) in [5, 5.41) is 2.82. The largest absolute Gasteiger partial charge is 0.352 e. The molecule has 0 aliphatic heterocycles. The average molecular weight is 223 g/mol. The van der Waals surface area contributed by atoms with E-state index in [9.17, 15) is 9.18 Å². The number of amides is 1. The highest BCUT2D eigenvalue weighted by atomic mass is 19.1. The number of carbonyl (C=O) groups excluding carboxylic acids is 1. The number of aryl methyl sites for hydroxylation is 1. The summed E-state index contributed by atoms with van der Waals surface area (Å²) in [6.07, 6.45) is 0. The summed E-state index contributed by atoms with van der Waals surface area (Å²) >= 11 is 0. The lowest BCUT2D eigenvalue weighted by Crippen LogP contribution is -2.32. The van der Waals surface area contributed by atoms with Crippen LogP contribution in [0.25, 0.3) is 0 Å². The van der Waals surface area contributed by atoms with Gasteiger partial charge in [0.15, 0.2) is 0 Å². The quantitative estimate of drug-likeness (QED) is 0.820. The van der Waals surface area contributed by atoms with Gasteiger partial charge in [0.25, 0.3) is 5.91 Å². The molecule has 0 unspecified atom stereocenters.